The molecule has 0 bridgehead atoms. The van der Waals surface area contributed by atoms with E-state index in [0.717, 1.165) is 33.4 Å². The number of benzene rings is 2. The van der Waals surface area contributed by atoms with E-state index in [9.17, 15) is 0 Å². The second-order valence-corrected chi connectivity index (χ2v) is 6.60. The van der Waals surface area contributed by atoms with Gasteiger partial charge in [-0.05, 0) is 49.7 Å². The lowest BCUT2D eigenvalue weighted by molar-refractivity contribution is 0.340. The van der Waals surface area contributed by atoms with Crippen LogP contribution in [0.5, 0.6) is 5.75 Å². The number of hydrogen-bond acceptors (Lipinski definition) is 4. The summed E-state index contributed by atoms with van der Waals surface area (Å²) in [5.74, 6) is 1.28. The largest absolute Gasteiger partial charge is 0.492 e. The third kappa shape index (κ3) is 3.49. The molecule has 134 valence electrons. The van der Waals surface area contributed by atoms with Gasteiger partial charge < -0.3 is 4.74 Å². The first-order valence-corrected chi connectivity index (χ1v) is 9.16. The quantitative estimate of drug-likeness (QED) is 0.457. The van der Waals surface area contributed by atoms with Gasteiger partial charge in [0.25, 0.3) is 0 Å². The van der Waals surface area contributed by atoms with Crippen molar-refractivity contribution in [3.05, 3.63) is 71.4 Å². The SMILES string of the molecule is CCOc1ccc(-c2nc(-c3ncc4ccccc4n3)ccc2C)cc1Cl. The first-order valence-electron chi connectivity index (χ1n) is 8.78. The monoisotopic (exact) mass is 375 g/mol. The first kappa shape index (κ1) is 17.4. The predicted molar refractivity (Wildman–Crippen MR) is 109 cm³/mol. The van der Waals surface area contributed by atoms with E-state index in [-0.39, 0.29) is 0 Å². The van der Waals surface area contributed by atoms with Gasteiger partial charge in [0.15, 0.2) is 5.82 Å². The Bertz CT molecular complexity index is 1130. The fourth-order valence-electron chi connectivity index (χ4n) is 2.96. The van der Waals surface area contributed by atoms with Crippen molar-refractivity contribution in [1.29, 1.82) is 0 Å². The molecule has 5 heteroatoms. The number of halogens is 1. The molecule has 0 N–H and O–H groups in total. The summed E-state index contributed by atoms with van der Waals surface area (Å²) in [5.41, 5.74) is 4.47. The zero-order chi connectivity index (χ0) is 18.8. The maximum Gasteiger partial charge on any atom is 0.178 e. The molecule has 2 aromatic carbocycles. The molecule has 27 heavy (non-hydrogen) atoms. The van der Waals surface area contributed by atoms with E-state index in [1.165, 1.54) is 0 Å². The second-order valence-electron chi connectivity index (χ2n) is 6.19. The van der Waals surface area contributed by atoms with E-state index < -0.39 is 0 Å². The number of nitrogens with zero attached hydrogens (tertiary/aromatic N) is 3. The van der Waals surface area contributed by atoms with E-state index in [0.29, 0.717) is 23.2 Å². The van der Waals surface area contributed by atoms with Crippen LogP contribution in [0.2, 0.25) is 5.02 Å². The lowest BCUT2D eigenvalue weighted by Gasteiger charge is -2.11. The molecule has 2 aromatic heterocycles. The van der Waals surface area contributed by atoms with Gasteiger partial charge in [-0.1, -0.05) is 35.9 Å². The number of aryl methyl sites for hydroxylation is 1. The van der Waals surface area contributed by atoms with Crippen molar-refractivity contribution in [1.82, 2.24) is 15.0 Å². The molecule has 0 aliphatic carbocycles. The molecule has 4 nitrogen and oxygen atoms in total. The fraction of sp³-hybridized carbons (Fsp3) is 0.136. The minimum absolute atomic E-state index is 0.572. The first-order chi connectivity index (χ1) is 13.2. The van der Waals surface area contributed by atoms with Crippen LogP contribution in [0, 0.1) is 6.92 Å². The predicted octanol–water partition coefficient (Wildman–Crippen LogP) is 5.72. The number of ether oxygens (including phenoxy) is 1. The van der Waals surface area contributed by atoms with Gasteiger partial charge in [0.1, 0.15) is 11.4 Å². The number of rotatable bonds is 4. The number of para-hydroxylation sites is 1. The van der Waals surface area contributed by atoms with Gasteiger partial charge in [0.2, 0.25) is 0 Å². The highest BCUT2D eigenvalue weighted by atomic mass is 35.5. The minimum atomic E-state index is 0.572. The third-order valence-electron chi connectivity index (χ3n) is 4.32. The van der Waals surface area contributed by atoms with Crippen LogP contribution in [-0.2, 0) is 0 Å². The zero-order valence-electron chi connectivity index (χ0n) is 15.1. The topological polar surface area (TPSA) is 47.9 Å². The van der Waals surface area contributed by atoms with Gasteiger partial charge in [-0.15, -0.1) is 0 Å². The molecule has 2 heterocycles. The van der Waals surface area contributed by atoms with E-state index >= 15 is 0 Å². The van der Waals surface area contributed by atoms with Crippen molar-refractivity contribution in [2.75, 3.05) is 6.61 Å². The number of hydrogen-bond donors (Lipinski definition) is 0. The van der Waals surface area contributed by atoms with Crippen LogP contribution in [0.4, 0.5) is 0 Å². The summed E-state index contributed by atoms with van der Waals surface area (Å²) < 4.78 is 5.52. The minimum Gasteiger partial charge on any atom is -0.492 e. The molecule has 4 rings (SSSR count). The van der Waals surface area contributed by atoms with Crippen LogP contribution >= 0.6 is 11.6 Å². The highest BCUT2D eigenvalue weighted by Crippen LogP contribution is 2.32. The van der Waals surface area contributed by atoms with Crippen molar-refractivity contribution < 1.29 is 4.74 Å². The van der Waals surface area contributed by atoms with Crippen LogP contribution in [0.25, 0.3) is 33.7 Å². The van der Waals surface area contributed by atoms with Crippen LogP contribution in [-0.4, -0.2) is 21.6 Å². The van der Waals surface area contributed by atoms with Gasteiger partial charge >= 0.3 is 0 Å². The standard InChI is InChI=1S/C22H18ClN3O/c1-3-27-20-11-9-15(12-17(20)23)21-14(2)8-10-19(25-21)22-24-13-16-6-4-5-7-18(16)26-22/h4-13H,3H2,1-2H3. The summed E-state index contributed by atoms with van der Waals surface area (Å²) in [4.78, 5) is 13.9. The molecule has 0 unspecified atom stereocenters. The smallest absolute Gasteiger partial charge is 0.178 e. The Hall–Kier alpha value is -2.98. The summed E-state index contributed by atoms with van der Waals surface area (Å²) >= 11 is 6.36. The average molecular weight is 376 g/mol. The Labute approximate surface area is 162 Å². The van der Waals surface area contributed by atoms with Gasteiger partial charge in [-0.3, -0.25) is 0 Å². The van der Waals surface area contributed by atoms with E-state index in [2.05, 4.69) is 9.97 Å². The Kier molecular flexibility index (Phi) is 4.73. The van der Waals surface area contributed by atoms with Crippen molar-refractivity contribution in [3.8, 4) is 28.5 Å². The molecular formula is C22H18ClN3O. The molecule has 0 fully saturated rings. The second kappa shape index (κ2) is 7.33. The van der Waals surface area contributed by atoms with E-state index in [1.807, 2.05) is 74.6 Å². The molecule has 0 atom stereocenters. The molecule has 0 saturated heterocycles. The molecular weight excluding hydrogens is 358 g/mol. The molecule has 4 aromatic rings. The average Bonchev–Trinajstić information content (AvgIpc) is 2.70. The van der Waals surface area contributed by atoms with Gasteiger partial charge in [0.05, 0.1) is 22.8 Å². The Morgan fingerprint density at radius 2 is 1.85 bits per heavy atom. The third-order valence-corrected chi connectivity index (χ3v) is 4.62. The van der Waals surface area contributed by atoms with Gasteiger partial charge in [-0.25, -0.2) is 15.0 Å². The maximum atomic E-state index is 6.36. The normalized spacial score (nSPS) is 10.9. The summed E-state index contributed by atoms with van der Waals surface area (Å²) in [6.45, 7) is 4.53. The molecule has 0 saturated carbocycles. The van der Waals surface area contributed by atoms with Crippen molar-refractivity contribution in [2.45, 2.75) is 13.8 Å². The molecule has 0 radical (unpaired) electrons. The van der Waals surface area contributed by atoms with Crippen LogP contribution in [0.3, 0.4) is 0 Å². The zero-order valence-corrected chi connectivity index (χ0v) is 15.9. The highest BCUT2D eigenvalue weighted by molar-refractivity contribution is 6.32. The lowest BCUT2D eigenvalue weighted by Crippen LogP contribution is -1.97. The lowest BCUT2D eigenvalue weighted by atomic mass is 10.1. The van der Waals surface area contributed by atoms with Crippen LogP contribution in [0.1, 0.15) is 12.5 Å². The van der Waals surface area contributed by atoms with Crippen LogP contribution in [0.15, 0.2) is 60.8 Å². The van der Waals surface area contributed by atoms with Crippen molar-refractivity contribution in [3.63, 3.8) is 0 Å². The van der Waals surface area contributed by atoms with Gasteiger partial charge in [-0.2, -0.15) is 0 Å². The Balaban J connectivity index is 1.78. The number of aromatic nitrogens is 3. The summed E-state index contributed by atoms with van der Waals surface area (Å²) in [5, 5.41) is 1.58. The maximum absolute atomic E-state index is 6.36. The summed E-state index contributed by atoms with van der Waals surface area (Å²) in [7, 11) is 0. The Morgan fingerprint density at radius 1 is 1.00 bits per heavy atom. The van der Waals surface area contributed by atoms with E-state index in [4.69, 9.17) is 21.3 Å². The molecule has 0 aliphatic rings. The molecule has 0 spiro atoms. The Morgan fingerprint density at radius 3 is 2.67 bits per heavy atom. The number of fused-ring (bicyclic) bond motifs is 1. The number of pyridine rings is 1. The van der Waals surface area contributed by atoms with Crippen LogP contribution < -0.4 is 4.74 Å². The summed E-state index contributed by atoms with van der Waals surface area (Å²) in [6, 6.07) is 17.6. The highest BCUT2D eigenvalue weighted by Gasteiger charge is 2.11. The van der Waals surface area contributed by atoms with Crippen molar-refractivity contribution in [2.24, 2.45) is 0 Å². The van der Waals surface area contributed by atoms with E-state index in [1.54, 1.807) is 0 Å². The van der Waals surface area contributed by atoms with Crippen molar-refractivity contribution >= 4 is 22.5 Å². The summed E-state index contributed by atoms with van der Waals surface area (Å²) in [6.07, 6.45) is 1.83. The molecule has 0 aliphatic heterocycles. The fourth-order valence-corrected chi connectivity index (χ4v) is 3.20. The molecule has 0 amide bonds. The van der Waals surface area contributed by atoms with Gasteiger partial charge in [0, 0.05) is 17.1 Å².